The molecule has 0 amide bonds. The molecule has 0 N–H and O–H groups in total. The van der Waals surface area contributed by atoms with Crippen LogP contribution in [0.3, 0.4) is 0 Å². The molecule has 0 aliphatic rings. The Balaban J connectivity index is 1.77. The number of hydrogen-bond donors (Lipinski definition) is 0. The average Bonchev–Trinajstić information content (AvgIpc) is 3.22. The number of benzene rings is 6. The highest BCUT2D eigenvalue weighted by Gasteiger charge is 2.18. The van der Waals surface area contributed by atoms with Gasteiger partial charge in [0.1, 0.15) is 11.2 Å². The maximum Gasteiger partial charge on any atom is 0.136 e. The Morgan fingerprint density at radius 2 is 1.25 bits per heavy atom. The molecule has 0 saturated carbocycles. The van der Waals surface area contributed by atoms with Crippen LogP contribution in [0, 0.1) is 0 Å². The highest BCUT2D eigenvalue weighted by Crippen LogP contribution is 2.45. The molecule has 1 nitrogen and oxygen atoms in total. The van der Waals surface area contributed by atoms with Crippen LogP contribution in [0.15, 0.2) is 112 Å². The first-order chi connectivity index (χ1) is 15.8. The number of furan rings is 1. The minimum Gasteiger partial charge on any atom is -0.456 e. The van der Waals surface area contributed by atoms with Crippen LogP contribution < -0.4 is 0 Å². The van der Waals surface area contributed by atoms with E-state index in [0.29, 0.717) is 0 Å². The van der Waals surface area contributed by atoms with Crippen molar-refractivity contribution in [3.05, 3.63) is 108 Å². The van der Waals surface area contributed by atoms with Gasteiger partial charge in [-0.25, -0.2) is 0 Å². The van der Waals surface area contributed by atoms with Crippen LogP contribution in [0.4, 0.5) is 0 Å². The molecule has 0 fully saturated rings. The van der Waals surface area contributed by atoms with Gasteiger partial charge in [-0.3, -0.25) is 0 Å². The summed E-state index contributed by atoms with van der Waals surface area (Å²) in [5.41, 5.74) is 4.28. The second-order valence-corrected chi connectivity index (χ2v) is 9.10. The van der Waals surface area contributed by atoms with Gasteiger partial charge in [0.2, 0.25) is 0 Å². The maximum absolute atomic E-state index is 6.23. The lowest BCUT2D eigenvalue weighted by molar-refractivity contribution is 0.669. The van der Waals surface area contributed by atoms with Gasteiger partial charge in [0.15, 0.2) is 0 Å². The van der Waals surface area contributed by atoms with Crippen LogP contribution in [0.1, 0.15) is 0 Å². The minimum atomic E-state index is 0.918. The molecule has 0 bridgehead atoms. The van der Waals surface area contributed by atoms with Crippen LogP contribution in [0.5, 0.6) is 0 Å². The molecule has 0 saturated heterocycles. The van der Waals surface area contributed by atoms with Crippen molar-refractivity contribution in [2.75, 3.05) is 0 Å². The van der Waals surface area contributed by atoms with Crippen molar-refractivity contribution < 1.29 is 4.42 Å². The molecular weight excluding hydrogens is 456 g/mol. The molecule has 0 aliphatic heterocycles. The van der Waals surface area contributed by atoms with Gasteiger partial charge in [-0.2, -0.15) is 0 Å². The zero-order valence-corrected chi connectivity index (χ0v) is 18.7. The molecule has 1 heterocycles. The van der Waals surface area contributed by atoms with E-state index in [1.165, 1.54) is 48.8 Å². The van der Waals surface area contributed by atoms with Crippen LogP contribution in [-0.2, 0) is 0 Å². The van der Waals surface area contributed by atoms with Crippen molar-refractivity contribution in [1.29, 1.82) is 0 Å². The molecule has 150 valence electrons. The van der Waals surface area contributed by atoms with Gasteiger partial charge in [-0.05, 0) is 62.3 Å². The van der Waals surface area contributed by atoms with E-state index in [1.807, 2.05) is 12.1 Å². The molecule has 2 heteroatoms. The summed E-state index contributed by atoms with van der Waals surface area (Å²) in [4.78, 5) is 0. The number of para-hydroxylation sites is 1. The number of fused-ring (bicyclic) bond motifs is 7. The molecule has 1 aromatic heterocycles. The Morgan fingerprint density at radius 3 is 2.19 bits per heavy atom. The predicted octanol–water partition coefficient (Wildman–Crippen LogP) is 9.48. The Bertz CT molecular complexity index is 1840. The summed E-state index contributed by atoms with van der Waals surface area (Å²) < 4.78 is 7.33. The number of halogens is 1. The first-order valence-corrected chi connectivity index (χ1v) is 11.5. The fourth-order valence-electron chi connectivity index (χ4n) is 5.15. The van der Waals surface area contributed by atoms with Crippen molar-refractivity contribution >= 4 is 70.2 Å². The van der Waals surface area contributed by atoms with Crippen LogP contribution in [0.2, 0.25) is 0 Å². The highest BCUT2D eigenvalue weighted by atomic mass is 79.9. The SMILES string of the molecule is Brc1cccc2cc3c(ccc4ccccc43)c(-c3cccc4oc5ccccc5c34)c12. The minimum absolute atomic E-state index is 0.918. The third-order valence-corrected chi connectivity index (χ3v) is 7.17. The Labute approximate surface area is 193 Å². The van der Waals surface area contributed by atoms with Gasteiger partial charge >= 0.3 is 0 Å². The van der Waals surface area contributed by atoms with Crippen molar-refractivity contribution in [2.45, 2.75) is 0 Å². The summed E-state index contributed by atoms with van der Waals surface area (Å²) in [5, 5.41) is 9.83. The number of rotatable bonds is 1. The highest BCUT2D eigenvalue weighted by molar-refractivity contribution is 9.10. The van der Waals surface area contributed by atoms with Gasteiger partial charge in [-0.15, -0.1) is 0 Å². The lowest BCUT2D eigenvalue weighted by Crippen LogP contribution is -1.89. The van der Waals surface area contributed by atoms with Crippen LogP contribution in [0.25, 0.3) is 65.4 Å². The van der Waals surface area contributed by atoms with E-state index in [-0.39, 0.29) is 0 Å². The Morgan fingerprint density at radius 1 is 0.500 bits per heavy atom. The van der Waals surface area contributed by atoms with Gasteiger partial charge in [-0.1, -0.05) is 94.8 Å². The topological polar surface area (TPSA) is 13.1 Å². The van der Waals surface area contributed by atoms with E-state index in [2.05, 4.69) is 107 Å². The van der Waals surface area contributed by atoms with Gasteiger partial charge in [0, 0.05) is 20.6 Å². The summed E-state index contributed by atoms with van der Waals surface area (Å²) >= 11 is 3.86. The number of hydrogen-bond acceptors (Lipinski definition) is 1. The van der Waals surface area contributed by atoms with Crippen molar-refractivity contribution in [1.82, 2.24) is 0 Å². The molecule has 7 aromatic rings. The average molecular weight is 473 g/mol. The molecule has 6 aromatic carbocycles. The zero-order chi connectivity index (χ0) is 21.2. The maximum atomic E-state index is 6.23. The summed E-state index contributed by atoms with van der Waals surface area (Å²) in [6.45, 7) is 0. The molecule has 0 spiro atoms. The fourth-order valence-corrected chi connectivity index (χ4v) is 5.73. The van der Waals surface area contributed by atoms with Crippen molar-refractivity contribution in [2.24, 2.45) is 0 Å². The van der Waals surface area contributed by atoms with Gasteiger partial charge < -0.3 is 4.42 Å². The third-order valence-electron chi connectivity index (χ3n) is 6.51. The standard InChI is InChI=1S/C30H17BrO/c31-25-12-5-8-19-17-24-20-9-2-1-7-18(20)15-16-21(24)30(28(19)25)23-11-6-14-27-29(23)22-10-3-4-13-26(22)32-27/h1-17H. The van der Waals surface area contributed by atoms with Gasteiger partial charge in [0.25, 0.3) is 0 Å². The quantitative estimate of drug-likeness (QED) is 0.171. The molecule has 7 rings (SSSR count). The normalized spacial score (nSPS) is 11.9. The van der Waals surface area contributed by atoms with E-state index in [1.54, 1.807) is 0 Å². The molecule has 0 atom stereocenters. The monoisotopic (exact) mass is 472 g/mol. The van der Waals surface area contributed by atoms with E-state index in [4.69, 9.17) is 4.42 Å². The van der Waals surface area contributed by atoms with Crippen LogP contribution >= 0.6 is 15.9 Å². The summed E-state index contributed by atoms with van der Waals surface area (Å²) in [6.07, 6.45) is 0. The third kappa shape index (κ3) is 2.44. The molecule has 32 heavy (non-hydrogen) atoms. The Kier molecular flexibility index (Phi) is 3.76. The summed E-state index contributed by atoms with van der Waals surface area (Å²) in [5.74, 6) is 0. The van der Waals surface area contributed by atoms with E-state index >= 15 is 0 Å². The lowest BCUT2D eigenvalue weighted by Gasteiger charge is -2.16. The van der Waals surface area contributed by atoms with Crippen molar-refractivity contribution in [3.63, 3.8) is 0 Å². The molecular formula is C30H17BrO. The largest absolute Gasteiger partial charge is 0.456 e. The van der Waals surface area contributed by atoms with Crippen LogP contribution in [-0.4, -0.2) is 0 Å². The Hall–Kier alpha value is -3.62. The summed E-state index contributed by atoms with van der Waals surface area (Å²) in [6, 6.07) is 36.6. The fraction of sp³-hybridized carbons (Fsp3) is 0. The summed E-state index contributed by atoms with van der Waals surface area (Å²) in [7, 11) is 0. The molecule has 0 radical (unpaired) electrons. The second-order valence-electron chi connectivity index (χ2n) is 8.25. The predicted molar refractivity (Wildman–Crippen MR) is 139 cm³/mol. The van der Waals surface area contributed by atoms with E-state index in [9.17, 15) is 0 Å². The lowest BCUT2D eigenvalue weighted by atomic mass is 9.88. The van der Waals surface area contributed by atoms with Crippen molar-refractivity contribution in [3.8, 4) is 11.1 Å². The first kappa shape index (κ1) is 18.0. The zero-order valence-electron chi connectivity index (χ0n) is 17.1. The van der Waals surface area contributed by atoms with E-state index < -0.39 is 0 Å². The van der Waals surface area contributed by atoms with Gasteiger partial charge in [0.05, 0.1) is 0 Å². The molecule has 0 unspecified atom stereocenters. The molecule has 0 aliphatic carbocycles. The second kappa shape index (κ2) is 6.69. The smallest absolute Gasteiger partial charge is 0.136 e. The van der Waals surface area contributed by atoms with E-state index in [0.717, 1.165) is 21.0 Å². The first-order valence-electron chi connectivity index (χ1n) is 10.7.